The van der Waals surface area contributed by atoms with Crippen molar-refractivity contribution in [1.29, 1.82) is 0 Å². The molecule has 0 spiro atoms. The van der Waals surface area contributed by atoms with E-state index in [1.54, 1.807) is 41.3 Å². The molecule has 0 bridgehead atoms. The molecule has 3 rings (SSSR count). The number of benzene rings is 2. The van der Waals surface area contributed by atoms with Crippen LogP contribution >= 0.6 is 0 Å². The van der Waals surface area contributed by atoms with Crippen LogP contribution in [-0.4, -0.2) is 34.6 Å². The van der Waals surface area contributed by atoms with Gasteiger partial charge in [0.05, 0.1) is 23.9 Å². The van der Waals surface area contributed by atoms with Gasteiger partial charge in [0.15, 0.2) is 0 Å². The maximum absolute atomic E-state index is 12.9. The van der Waals surface area contributed by atoms with Crippen molar-refractivity contribution < 1.29 is 22.7 Å². The van der Waals surface area contributed by atoms with Gasteiger partial charge in [0.2, 0.25) is 5.91 Å². The Morgan fingerprint density at radius 2 is 1.93 bits per heavy atom. The van der Waals surface area contributed by atoms with Gasteiger partial charge in [-0.2, -0.15) is 0 Å². The van der Waals surface area contributed by atoms with E-state index >= 15 is 0 Å². The van der Waals surface area contributed by atoms with E-state index in [-0.39, 0.29) is 23.2 Å². The van der Waals surface area contributed by atoms with Crippen LogP contribution < -0.4 is 19.1 Å². The van der Waals surface area contributed by atoms with Gasteiger partial charge in [0, 0.05) is 12.6 Å². The number of para-hydroxylation sites is 1. The van der Waals surface area contributed by atoms with Crippen LogP contribution in [0.4, 0.5) is 11.4 Å². The summed E-state index contributed by atoms with van der Waals surface area (Å²) >= 11 is 0. The molecule has 0 aliphatic carbocycles. The fraction of sp³-hybridized carbons (Fsp3) is 0.381. The third-order valence-electron chi connectivity index (χ3n) is 4.72. The van der Waals surface area contributed by atoms with Crippen LogP contribution in [0.25, 0.3) is 0 Å². The zero-order chi connectivity index (χ0) is 21.2. The van der Waals surface area contributed by atoms with Crippen LogP contribution in [0.15, 0.2) is 47.4 Å². The molecule has 0 saturated carbocycles. The molecule has 2 aromatic carbocycles. The fourth-order valence-corrected chi connectivity index (χ4v) is 4.43. The summed E-state index contributed by atoms with van der Waals surface area (Å²) in [5.74, 6) is 0.713. The molecule has 0 aromatic heterocycles. The molecule has 1 N–H and O–H groups in total. The van der Waals surface area contributed by atoms with Crippen LogP contribution in [-0.2, 0) is 14.8 Å². The van der Waals surface area contributed by atoms with Crippen molar-refractivity contribution in [2.45, 2.75) is 32.1 Å². The maximum atomic E-state index is 12.9. The summed E-state index contributed by atoms with van der Waals surface area (Å²) in [6, 6.07) is 11.4. The lowest BCUT2D eigenvalue weighted by atomic mass is 9.93. The van der Waals surface area contributed by atoms with Gasteiger partial charge in [-0.05, 0) is 44.5 Å². The Balaban J connectivity index is 1.97. The number of hydrogen-bond acceptors (Lipinski definition) is 5. The number of ether oxygens (including phenoxy) is 2. The SMILES string of the molecule is CCCN1C(=O)C(C)(C)COc2cc(NS(=O)(=O)c3ccccc3OC)ccc21. The molecule has 0 unspecified atom stereocenters. The Bertz CT molecular complexity index is 1020. The van der Waals surface area contributed by atoms with Crippen LogP contribution in [0.3, 0.4) is 0 Å². The van der Waals surface area contributed by atoms with Gasteiger partial charge in [-0.15, -0.1) is 0 Å². The molecular weight excluding hydrogens is 392 g/mol. The van der Waals surface area contributed by atoms with E-state index in [0.717, 1.165) is 6.42 Å². The first-order valence-corrected chi connectivity index (χ1v) is 10.9. The number of amides is 1. The molecule has 29 heavy (non-hydrogen) atoms. The smallest absolute Gasteiger partial charge is 0.265 e. The van der Waals surface area contributed by atoms with Crippen molar-refractivity contribution in [3.05, 3.63) is 42.5 Å². The number of anilines is 2. The standard InChI is InChI=1S/C21H26N2O5S/c1-5-12-23-16-11-10-15(13-18(16)28-14-21(2,3)20(23)24)22-29(25,26)19-9-7-6-8-17(19)27-4/h6-11,13,22H,5,12,14H2,1-4H3. The van der Waals surface area contributed by atoms with Crippen molar-refractivity contribution in [2.75, 3.05) is 29.9 Å². The summed E-state index contributed by atoms with van der Waals surface area (Å²) in [4.78, 5) is 14.7. The molecule has 0 radical (unpaired) electrons. The van der Waals surface area contributed by atoms with Gasteiger partial charge < -0.3 is 14.4 Å². The quantitative estimate of drug-likeness (QED) is 0.774. The highest BCUT2D eigenvalue weighted by Crippen LogP contribution is 2.39. The van der Waals surface area contributed by atoms with Gasteiger partial charge in [-0.1, -0.05) is 19.1 Å². The van der Waals surface area contributed by atoms with Crippen molar-refractivity contribution in [2.24, 2.45) is 5.41 Å². The first kappa shape index (κ1) is 21.0. The normalized spacial score (nSPS) is 15.9. The first-order chi connectivity index (χ1) is 13.7. The number of fused-ring (bicyclic) bond motifs is 1. The van der Waals surface area contributed by atoms with Gasteiger partial charge in [0.1, 0.15) is 23.0 Å². The number of hydrogen-bond donors (Lipinski definition) is 1. The van der Waals surface area contributed by atoms with E-state index in [1.807, 2.05) is 20.8 Å². The molecule has 0 fully saturated rings. The minimum absolute atomic E-state index is 0.0135. The molecule has 0 atom stereocenters. The lowest BCUT2D eigenvalue weighted by Gasteiger charge is -2.27. The third kappa shape index (κ3) is 4.17. The molecule has 8 heteroatoms. The van der Waals surface area contributed by atoms with Crippen LogP contribution in [0.1, 0.15) is 27.2 Å². The van der Waals surface area contributed by atoms with Crippen molar-refractivity contribution in [3.63, 3.8) is 0 Å². The lowest BCUT2D eigenvalue weighted by Crippen LogP contribution is -2.42. The molecule has 1 heterocycles. The Morgan fingerprint density at radius 1 is 1.21 bits per heavy atom. The monoisotopic (exact) mass is 418 g/mol. The van der Waals surface area contributed by atoms with Gasteiger partial charge in [-0.3, -0.25) is 9.52 Å². The van der Waals surface area contributed by atoms with Crippen LogP contribution in [0.5, 0.6) is 11.5 Å². The van der Waals surface area contributed by atoms with Gasteiger partial charge in [-0.25, -0.2) is 8.42 Å². The average Bonchev–Trinajstić information content (AvgIpc) is 2.78. The average molecular weight is 419 g/mol. The summed E-state index contributed by atoms with van der Waals surface area (Å²) in [6.07, 6.45) is 0.795. The second-order valence-corrected chi connectivity index (χ2v) is 9.22. The number of rotatable bonds is 6. The first-order valence-electron chi connectivity index (χ1n) is 9.44. The Hall–Kier alpha value is -2.74. The van der Waals surface area contributed by atoms with Crippen LogP contribution in [0, 0.1) is 5.41 Å². The predicted octanol–water partition coefficient (Wildman–Crippen LogP) is 3.66. The Labute approximate surface area is 171 Å². The highest BCUT2D eigenvalue weighted by atomic mass is 32.2. The number of sulfonamides is 1. The van der Waals surface area contributed by atoms with Crippen molar-refractivity contribution in [1.82, 2.24) is 0 Å². The van der Waals surface area contributed by atoms with Crippen molar-refractivity contribution >= 4 is 27.3 Å². The van der Waals surface area contributed by atoms with E-state index in [4.69, 9.17) is 9.47 Å². The summed E-state index contributed by atoms with van der Waals surface area (Å²) in [6.45, 7) is 6.46. The molecule has 156 valence electrons. The number of nitrogens with zero attached hydrogens (tertiary/aromatic N) is 1. The fourth-order valence-electron chi connectivity index (χ4n) is 3.21. The van der Waals surface area contributed by atoms with Crippen molar-refractivity contribution in [3.8, 4) is 11.5 Å². The van der Waals surface area contributed by atoms with Gasteiger partial charge in [0.25, 0.3) is 10.0 Å². The predicted molar refractivity (Wildman–Crippen MR) is 112 cm³/mol. The lowest BCUT2D eigenvalue weighted by molar-refractivity contribution is -0.127. The van der Waals surface area contributed by atoms with Gasteiger partial charge >= 0.3 is 0 Å². The van der Waals surface area contributed by atoms with Crippen LogP contribution in [0.2, 0.25) is 0 Å². The molecular formula is C21H26N2O5S. The highest BCUT2D eigenvalue weighted by molar-refractivity contribution is 7.92. The highest BCUT2D eigenvalue weighted by Gasteiger charge is 2.37. The zero-order valence-corrected chi connectivity index (χ0v) is 17.9. The third-order valence-corrected chi connectivity index (χ3v) is 6.14. The molecule has 1 aliphatic heterocycles. The second-order valence-electron chi connectivity index (χ2n) is 7.57. The molecule has 2 aromatic rings. The van der Waals surface area contributed by atoms with E-state index in [0.29, 0.717) is 23.7 Å². The minimum Gasteiger partial charge on any atom is -0.495 e. The zero-order valence-electron chi connectivity index (χ0n) is 17.1. The number of nitrogens with one attached hydrogen (secondary N) is 1. The molecule has 1 amide bonds. The summed E-state index contributed by atoms with van der Waals surface area (Å²) in [5.41, 5.74) is 0.312. The minimum atomic E-state index is -3.86. The number of carbonyl (C=O) groups excluding carboxylic acids is 1. The Kier molecular flexibility index (Phi) is 5.75. The van der Waals surface area contributed by atoms with E-state index in [2.05, 4.69) is 4.72 Å². The van der Waals surface area contributed by atoms with E-state index < -0.39 is 15.4 Å². The molecule has 7 nitrogen and oxygen atoms in total. The summed E-state index contributed by atoms with van der Waals surface area (Å²) < 4.78 is 39.3. The number of methoxy groups -OCH3 is 1. The molecule has 0 saturated heterocycles. The maximum Gasteiger partial charge on any atom is 0.265 e. The second kappa shape index (κ2) is 7.94. The summed E-state index contributed by atoms with van der Waals surface area (Å²) in [5, 5.41) is 0. The van der Waals surface area contributed by atoms with E-state index in [1.165, 1.54) is 13.2 Å². The molecule has 1 aliphatic rings. The summed E-state index contributed by atoms with van der Waals surface area (Å²) in [7, 11) is -2.44. The largest absolute Gasteiger partial charge is 0.495 e. The Morgan fingerprint density at radius 3 is 2.62 bits per heavy atom. The number of carbonyl (C=O) groups is 1. The topological polar surface area (TPSA) is 84.9 Å². The van der Waals surface area contributed by atoms with E-state index in [9.17, 15) is 13.2 Å².